The van der Waals surface area contributed by atoms with E-state index >= 15 is 0 Å². The minimum Gasteiger partial charge on any atom is -0.507 e. The average molecular weight is 733 g/mol. The van der Waals surface area contributed by atoms with Crippen LogP contribution in [-0.4, -0.2) is 73.9 Å². The van der Waals surface area contributed by atoms with Gasteiger partial charge in [-0.2, -0.15) is 0 Å². The number of amides is 2. The summed E-state index contributed by atoms with van der Waals surface area (Å²) in [5.74, 6) is 0.730. The van der Waals surface area contributed by atoms with Crippen molar-refractivity contribution in [2.75, 3.05) is 43.4 Å². The summed E-state index contributed by atoms with van der Waals surface area (Å²) in [4.78, 5) is 42.1. The van der Waals surface area contributed by atoms with E-state index in [2.05, 4.69) is 49.6 Å². The maximum absolute atomic E-state index is 13.2. The number of carbonyl (C=O) groups excluding carboxylic acids is 2. The van der Waals surface area contributed by atoms with Gasteiger partial charge in [0.2, 0.25) is 11.8 Å². The molecule has 7 rings (SSSR count). The Morgan fingerprint density at radius 3 is 2.48 bits per heavy atom. The lowest BCUT2D eigenvalue weighted by molar-refractivity contribution is -0.135. The van der Waals surface area contributed by atoms with Crippen LogP contribution in [0, 0.1) is 0 Å². The summed E-state index contributed by atoms with van der Waals surface area (Å²) in [6, 6.07) is 22.6. The number of fused-ring (bicyclic) bond motifs is 1. The van der Waals surface area contributed by atoms with Crippen LogP contribution in [0.2, 0.25) is 0 Å². The van der Waals surface area contributed by atoms with Gasteiger partial charge in [0.1, 0.15) is 17.5 Å². The Bertz CT molecular complexity index is 2190. The van der Waals surface area contributed by atoms with Crippen LogP contribution in [-0.2, 0) is 29.6 Å². The molecule has 4 N–H and O–H groups in total. The number of hydrogen-bond acceptors (Lipinski definition) is 10. The van der Waals surface area contributed by atoms with Gasteiger partial charge in [0.05, 0.1) is 29.0 Å². The molecule has 1 unspecified atom stereocenters. The predicted molar refractivity (Wildman–Crippen MR) is 208 cm³/mol. The van der Waals surface area contributed by atoms with Crippen molar-refractivity contribution >= 4 is 34.4 Å². The van der Waals surface area contributed by atoms with E-state index in [0.717, 1.165) is 99.3 Å². The van der Waals surface area contributed by atoms with Crippen molar-refractivity contribution in [2.24, 2.45) is 7.05 Å². The summed E-state index contributed by atoms with van der Waals surface area (Å²) in [6.45, 7) is 4.87. The Morgan fingerprint density at radius 1 is 0.889 bits per heavy atom. The molecular weight excluding hydrogens is 685 g/mol. The van der Waals surface area contributed by atoms with Gasteiger partial charge in [-0.15, -0.1) is 10.2 Å². The number of hydrogen-bond donors (Lipinski definition) is 3. The highest BCUT2D eigenvalue weighted by Crippen LogP contribution is 2.32. The normalized spacial score (nSPS) is 16.5. The van der Waals surface area contributed by atoms with E-state index in [1.807, 2.05) is 36.4 Å². The molecule has 0 saturated carbocycles. The zero-order valence-electron chi connectivity index (χ0n) is 30.7. The first-order valence-electron chi connectivity index (χ1n) is 18.9. The third-order valence-corrected chi connectivity index (χ3v) is 10.6. The standard InChI is InChI=1S/C41H48N8O5/c1-46-38-29(13-10-16-33(38)49(41(46)53)34-18-19-37(51)43-40(34)52)12-5-3-2-4-8-24-54-30-14-9-11-28(25-30)27-47-20-22-48(23-21-47)35-26-32(44-45-39(35)42)31-15-6-7-17-36(31)50/h6-7,9-11,13-17,25-26,34,50H,2-5,8,12,18-24,27H2,1H3,(H2,42,45)(H,43,51,52). The molecule has 1 atom stereocenters. The largest absolute Gasteiger partial charge is 0.507 e. The summed E-state index contributed by atoms with van der Waals surface area (Å²) in [5.41, 5.74) is 12.0. The number of benzene rings is 3. The van der Waals surface area contributed by atoms with Gasteiger partial charge in [0.25, 0.3) is 0 Å². The molecule has 54 heavy (non-hydrogen) atoms. The molecule has 0 radical (unpaired) electrons. The second-order valence-corrected chi connectivity index (χ2v) is 14.3. The number of anilines is 2. The molecule has 282 valence electrons. The molecule has 3 aromatic carbocycles. The molecule has 2 aromatic heterocycles. The van der Waals surface area contributed by atoms with E-state index in [9.17, 15) is 19.5 Å². The van der Waals surface area contributed by atoms with Gasteiger partial charge in [0.15, 0.2) is 5.82 Å². The van der Waals surface area contributed by atoms with Gasteiger partial charge in [-0.3, -0.25) is 28.9 Å². The zero-order valence-corrected chi connectivity index (χ0v) is 30.7. The van der Waals surface area contributed by atoms with Crippen LogP contribution in [0.15, 0.2) is 77.6 Å². The number of piperidine rings is 1. The number of aromatic hydroxyl groups is 1. The van der Waals surface area contributed by atoms with Crippen molar-refractivity contribution in [3.05, 3.63) is 94.4 Å². The molecule has 13 nitrogen and oxygen atoms in total. The fraction of sp³-hybridized carbons (Fsp3) is 0.390. The van der Waals surface area contributed by atoms with E-state index < -0.39 is 11.9 Å². The number of carbonyl (C=O) groups is 2. The highest BCUT2D eigenvalue weighted by Gasteiger charge is 2.31. The number of imide groups is 1. The van der Waals surface area contributed by atoms with Crippen LogP contribution in [0.25, 0.3) is 22.3 Å². The molecule has 2 aliphatic heterocycles. The minimum absolute atomic E-state index is 0.162. The summed E-state index contributed by atoms with van der Waals surface area (Å²) in [6.07, 6.45) is 6.62. The van der Waals surface area contributed by atoms with Crippen LogP contribution >= 0.6 is 0 Å². The SMILES string of the molecule is Cn1c(=O)n(C2CCC(=O)NC2=O)c2cccc(CCCCCCCOc3cccc(CN4CCN(c5cc(-c6ccccc6O)nnc5N)CC4)c3)c21. The number of ether oxygens (including phenoxy) is 1. The number of phenolic OH excluding ortho intramolecular Hbond substituents is 1. The number of aromatic nitrogens is 4. The van der Waals surface area contributed by atoms with E-state index in [-0.39, 0.29) is 23.8 Å². The molecule has 0 bridgehead atoms. The molecule has 0 spiro atoms. The van der Waals surface area contributed by atoms with Gasteiger partial charge >= 0.3 is 5.69 Å². The number of nitrogens with zero attached hydrogens (tertiary/aromatic N) is 6. The number of unbranched alkanes of at least 4 members (excludes halogenated alkanes) is 4. The number of nitrogens with two attached hydrogens (primary N) is 1. The van der Waals surface area contributed by atoms with Gasteiger partial charge < -0.3 is 20.5 Å². The van der Waals surface area contributed by atoms with Gasteiger partial charge in [-0.1, -0.05) is 55.7 Å². The first-order chi connectivity index (χ1) is 26.3. The highest BCUT2D eigenvalue weighted by molar-refractivity contribution is 6.00. The van der Waals surface area contributed by atoms with E-state index in [1.165, 1.54) is 5.56 Å². The highest BCUT2D eigenvalue weighted by atomic mass is 16.5. The topological polar surface area (TPSA) is 161 Å². The molecule has 4 heterocycles. The summed E-state index contributed by atoms with van der Waals surface area (Å²) >= 11 is 0. The number of rotatable bonds is 14. The minimum atomic E-state index is -0.675. The molecule has 2 saturated heterocycles. The summed E-state index contributed by atoms with van der Waals surface area (Å²) < 4.78 is 9.32. The molecular formula is C41H48N8O5. The maximum Gasteiger partial charge on any atom is 0.329 e. The number of nitrogens with one attached hydrogen (secondary N) is 1. The van der Waals surface area contributed by atoms with Crippen molar-refractivity contribution < 1.29 is 19.4 Å². The number of nitrogen functional groups attached to an aromatic ring is 1. The third-order valence-electron chi connectivity index (χ3n) is 10.6. The molecule has 2 fully saturated rings. The molecule has 5 aromatic rings. The number of para-hydroxylation sites is 2. The van der Waals surface area contributed by atoms with Crippen molar-refractivity contribution in [1.82, 2.24) is 29.5 Å². The Hall–Kier alpha value is -5.69. The fourth-order valence-corrected chi connectivity index (χ4v) is 7.69. The zero-order chi connectivity index (χ0) is 37.6. The van der Waals surface area contributed by atoms with Crippen LogP contribution < -0.4 is 26.4 Å². The van der Waals surface area contributed by atoms with Crippen molar-refractivity contribution in [3.63, 3.8) is 0 Å². The smallest absolute Gasteiger partial charge is 0.329 e. The second-order valence-electron chi connectivity index (χ2n) is 14.3. The Kier molecular flexibility index (Phi) is 11.2. The van der Waals surface area contributed by atoms with Crippen molar-refractivity contribution in [2.45, 2.75) is 64.0 Å². The first kappa shape index (κ1) is 36.7. The van der Waals surface area contributed by atoms with Gasteiger partial charge in [-0.25, -0.2) is 4.79 Å². The molecule has 13 heteroatoms. The van der Waals surface area contributed by atoms with E-state index in [1.54, 1.807) is 28.3 Å². The number of piperazine rings is 1. The van der Waals surface area contributed by atoms with E-state index in [0.29, 0.717) is 30.1 Å². The number of phenols is 1. The number of aryl methyl sites for hydroxylation is 2. The van der Waals surface area contributed by atoms with Gasteiger partial charge in [0, 0.05) is 51.8 Å². The fourth-order valence-electron chi connectivity index (χ4n) is 7.69. The predicted octanol–water partition coefficient (Wildman–Crippen LogP) is 4.96. The lowest BCUT2D eigenvalue weighted by atomic mass is 10.0. The molecule has 2 aliphatic rings. The first-order valence-corrected chi connectivity index (χ1v) is 18.9. The van der Waals surface area contributed by atoms with Gasteiger partial charge in [-0.05, 0) is 73.2 Å². The van der Waals surface area contributed by atoms with Crippen LogP contribution in [0.3, 0.4) is 0 Å². The van der Waals surface area contributed by atoms with Crippen molar-refractivity contribution in [1.29, 1.82) is 0 Å². The Morgan fingerprint density at radius 2 is 1.67 bits per heavy atom. The number of imidazole rings is 1. The average Bonchev–Trinajstić information content (AvgIpc) is 3.43. The van der Waals surface area contributed by atoms with Crippen LogP contribution in [0.4, 0.5) is 11.5 Å². The van der Waals surface area contributed by atoms with Crippen molar-refractivity contribution in [3.8, 4) is 22.8 Å². The summed E-state index contributed by atoms with van der Waals surface area (Å²) in [7, 11) is 1.75. The molecule has 0 aliphatic carbocycles. The van der Waals surface area contributed by atoms with Crippen LogP contribution in [0.1, 0.15) is 62.1 Å². The third kappa shape index (κ3) is 8.10. The lowest BCUT2D eigenvalue weighted by Gasteiger charge is -2.36. The second kappa shape index (κ2) is 16.5. The maximum atomic E-state index is 13.2. The summed E-state index contributed by atoms with van der Waals surface area (Å²) in [5, 5.41) is 21.1. The Balaban J connectivity index is 0.830. The molecule has 2 amide bonds. The Labute approximate surface area is 314 Å². The van der Waals surface area contributed by atoms with E-state index in [4.69, 9.17) is 10.5 Å². The van der Waals surface area contributed by atoms with Crippen LogP contribution in [0.5, 0.6) is 11.5 Å². The monoisotopic (exact) mass is 732 g/mol. The lowest BCUT2D eigenvalue weighted by Crippen LogP contribution is -2.46. The quantitative estimate of drug-likeness (QED) is 0.105.